The van der Waals surface area contributed by atoms with Crippen molar-refractivity contribution in [1.82, 2.24) is 0 Å². The zero-order valence-corrected chi connectivity index (χ0v) is 3.46. The van der Waals surface area contributed by atoms with Crippen molar-refractivity contribution >= 4 is 0 Å². The highest BCUT2D eigenvalue weighted by atomic mass is 13.8. The second-order valence-corrected chi connectivity index (χ2v) is 1.15. The fourth-order valence-corrected chi connectivity index (χ4v) is 0.385. The molecule has 0 aromatic rings. The molecule has 0 N–H and O–H groups in total. The third-order valence-electron chi connectivity index (χ3n) is 0.667. The summed E-state index contributed by atoms with van der Waals surface area (Å²) >= 11 is 0. The minimum atomic E-state index is 2.00. The van der Waals surface area contributed by atoms with E-state index in [2.05, 4.69) is 0 Å². The van der Waals surface area contributed by atoms with E-state index < -0.39 is 0 Å². The first-order valence-electron chi connectivity index (χ1n) is 2.00. The van der Waals surface area contributed by atoms with E-state index in [4.69, 9.17) is 0 Å². The highest BCUT2D eigenvalue weighted by Crippen LogP contribution is 1.95. The van der Waals surface area contributed by atoms with Gasteiger partial charge in [0.15, 0.2) is 0 Å². The summed E-state index contributed by atoms with van der Waals surface area (Å²) in [6.45, 7) is 0. The van der Waals surface area contributed by atoms with Crippen LogP contribution >= 0.6 is 0 Å². The molecule has 0 saturated carbocycles. The van der Waals surface area contributed by atoms with Crippen LogP contribution in [-0.4, -0.2) is 0 Å². The lowest BCUT2D eigenvalue weighted by molar-refractivity contribution is 1.55. The molecule has 1 aliphatic rings. The lowest BCUT2D eigenvalue weighted by atomic mass is 10.2. The molecule has 0 atom stereocenters. The number of rotatable bonds is 0. The summed E-state index contributed by atoms with van der Waals surface area (Å²) in [6.07, 6.45) is 12.0. The van der Waals surface area contributed by atoms with Gasteiger partial charge in [-0.25, -0.2) is 0 Å². The molecule has 0 aromatic carbocycles. The maximum atomic E-state index is 2.00. The van der Waals surface area contributed by atoms with Crippen LogP contribution in [0.1, 0.15) is 0 Å². The van der Waals surface area contributed by atoms with Crippen molar-refractivity contribution in [3.63, 3.8) is 0 Å². The molecule has 0 heteroatoms. The second-order valence-electron chi connectivity index (χ2n) is 1.15. The Labute approximate surface area is 38.2 Å². The highest BCUT2D eigenvalue weighted by molar-refractivity contribution is 5.23. The number of hydrogen-bond acceptors (Lipinski definition) is 0. The van der Waals surface area contributed by atoms with E-state index in [1.165, 1.54) is 0 Å². The maximum Gasteiger partial charge on any atom is 0.0947 e. The summed E-state index contributed by atoms with van der Waals surface area (Å²) < 4.78 is 0. The van der Waals surface area contributed by atoms with Crippen molar-refractivity contribution in [2.45, 2.75) is 0 Å². The van der Waals surface area contributed by atoms with Crippen LogP contribution in [0.4, 0.5) is 0 Å². The lowest BCUT2D eigenvalue weighted by Gasteiger charge is -1.77. The van der Waals surface area contributed by atoms with E-state index >= 15 is 0 Å². The molecule has 1 radical (unpaired) electrons. The Morgan fingerprint density at radius 2 is 2.00 bits per heavy atom. The summed E-state index contributed by atoms with van der Waals surface area (Å²) in [6, 6.07) is 0. The molecule has 6 heavy (non-hydrogen) atoms. The minimum Gasteiger partial charge on any atom is -0.0353 e. The predicted molar refractivity (Wildman–Crippen MR) is 26.9 cm³/mol. The fraction of sp³-hybridized carbons (Fsp3) is 0. The third-order valence-corrected chi connectivity index (χ3v) is 0.667. The topological polar surface area (TPSA) is 0 Å². The summed E-state index contributed by atoms with van der Waals surface area (Å²) in [5.41, 5.74) is 0. The van der Waals surface area contributed by atoms with E-state index in [1.54, 1.807) is 0 Å². The monoisotopic (exact) mass is 78.0 g/mol. The lowest BCUT2D eigenvalue weighted by Crippen LogP contribution is -1.70. The van der Waals surface area contributed by atoms with E-state index in [0.29, 0.717) is 0 Å². The first-order valence-corrected chi connectivity index (χ1v) is 2.00. The molecule has 0 heterocycles. The molecule has 1 aliphatic carbocycles. The fourth-order valence-electron chi connectivity index (χ4n) is 0.385. The van der Waals surface area contributed by atoms with Gasteiger partial charge in [-0.05, 0) is 6.08 Å². The molecule has 0 unspecified atom stereocenters. The Kier molecular flexibility index (Phi) is 1.01. The first-order chi connectivity index (χ1) is 3.00. The van der Waals surface area contributed by atoms with Crippen LogP contribution in [0.3, 0.4) is 0 Å². The number of hydrogen-bond donors (Lipinski definition) is 0. The van der Waals surface area contributed by atoms with Crippen LogP contribution < -0.4 is 0 Å². The standard InChI is InChI=1S/C6H6/c1-2-4-6-5-3-1/h1-6H/q+1. The molecule has 29 valence electrons. The van der Waals surface area contributed by atoms with Gasteiger partial charge >= 0.3 is 0 Å². The molecule has 0 aromatic heterocycles. The van der Waals surface area contributed by atoms with Crippen molar-refractivity contribution < 1.29 is 0 Å². The first kappa shape index (κ1) is 3.54. The molecule has 0 bridgehead atoms. The Bertz CT molecular complexity index is 66.0. The Morgan fingerprint density at radius 1 is 1.00 bits per heavy atom. The van der Waals surface area contributed by atoms with Crippen LogP contribution in [0, 0.1) is 12.8 Å². The SMILES string of the molecule is [CH]1C=CC=C[CH+]1. The Hall–Kier alpha value is -0.650. The number of allylic oxidation sites excluding steroid dienone is 4. The predicted octanol–water partition coefficient (Wildman–Crippen LogP) is 1.52. The summed E-state index contributed by atoms with van der Waals surface area (Å²) in [7, 11) is 0. The summed E-state index contributed by atoms with van der Waals surface area (Å²) in [5, 5.41) is 0. The molecular weight excluding hydrogens is 72.1 g/mol. The van der Waals surface area contributed by atoms with Gasteiger partial charge in [0.25, 0.3) is 0 Å². The van der Waals surface area contributed by atoms with Gasteiger partial charge in [0.1, 0.15) is 0 Å². The van der Waals surface area contributed by atoms with E-state index in [-0.39, 0.29) is 0 Å². The van der Waals surface area contributed by atoms with Gasteiger partial charge in [0, 0.05) is 6.08 Å². The maximum absolute atomic E-state index is 2.00. The van der Waals surface area contributed by atoms with Crippen molar-refractivity contribution in [3.05, 3.63) is 37.1 Å². The van der Waals surface area contributed by atoms with Crippen molar-refractivity contribution in [2.75, 3.05) is 0 Å². The molecule has 0 amide bonds. The zero-order valence-electron chi connectivity index (χ0n) is 3.46. The van der Waals surface area contributed by atoms with Gasteiger partial charge in [-0.2, -0.15) is 0 Å². The normalized spacial score (nSPS) is 17.3. The quantitative estimate of drug-likeness (QED) is 0.385. The van der Waals surface area contributed by atoms with Gasteiger partial charge in [0.05, 0.1) is 25.0 Å². The Morgan fingerprint density at radius 3 is 2.17 bits per heavy atom. The summed E-state index contributed by atoms with van der Waals surface area (Å²) in [4.78, 5) is 0. The average Bonchev–Trinajstić information content (AvgIpc) is 1.72. The third kappa shape index (κ3) is 0.646. The largest absolute Gasteiger partial charge is 0.0947 e. The van der Waals surface area contributed by atoms with Gasteiger partial charge in [-0.3, -0.25) is 0 Å². The van der Waals surface area contributed by atoms with Crippen LogP contribution in [-0.2, 0) is 0 Å². The summed E-state index contributed by atoms with van der Waals surface area (Å²) in [5.74, 6) is 0. The van der Waals surface area contributed by atoms with Gasteiger partial charge in [-0.1, -0.05) is 0 Å². The Balaban J connectivity index is 2.46. The van der Waals surface area contributed by atoms with E-state index in [0.717, 1.165) is 0 Å². The van der Waals surface area contributed by atoms with Crippen LogP contribution in [0.5, 0.6) is 0 Å². The molecule has 0 fully saturated rings. The van der Waals surface area contributed by atoms with Crippen LogP contribution in [0.15, 0.2) is 24.3 Å². The zero-order chi connectivity index (χ0) is 4.24. The van der Waals surface area contributed by atoms with E-state index in [1.807, 2.05) is 37.1 Å². The molecule has 0 saturated heterocycles. The molecule has 1 rings (SSSR count). The van der Waals surface area contributed by atoms with E-state index in [9.17, 15) is 0 Å². The van der Waals surface area contributed by atoms with Gasteiger partial charge < -0.3 is 0 Å². The smallest absolute Gasteiger partial charge is 0.0353 e. The second kappa shape index (κ2) is 1.71. The minimum absolute atomic E-state index is 2.00. The van der Waals surface area contributed by atoms with Crippen molar-refractivity contribution in [2.24, 2.45) is 0 Å². The van der Waals surface area contributed by atoms with Crippen molar-refractivity contribution in [1.29, 1.82) is 0 Å². The molecule has 0 spiro atoms. The molecular formula is C6H6+. The highest BCUT2D eigenvalue weighted by Gasteiger charge is 1.88. The average molecular weight is 78.1 g/mol. The van der Waals surface area contributed by atoms with Crippen molar-refractivity contribution in [3.8, 4) is 0 Å². The molecule has 0 nitrogen and oxygen atoms in total. The van der Waals surface area contributed by atoms with Crippen LogP contribution in [0.25, 0.3) is 0 Å². The van der Waals surface area contributed by atoms with Gasteiger partial charge in [0.2, 0.25) is 0 Å². The van der Waals surface area contributed by atoms with Crippen LogP contribution in [0.2, 0.25) is 0 Å². The molecule has 0 aliphatic heterocycles. The van der Waals surface area contributed by atoms with Gasteiger partial charge in [-0.15, -0.1) is 0 Å².